The van der Waals surface area contributed by atoms with Crippen molar-refractivity contribution in [1.82, 2.24) is 5.32 Å². The molecule has 0 aromatic heterocycles. The van der Waals surface area contributed by atoms with E-state index in [1.54, 1.807) is 18.2 Å². The number of hydrogen-bond donors (Lipinski definition) is 2. The van der Waals surface area contributed by atoms with Gasteiger partial charge in [0.25, 0.3) is 5.91 Å². The third-order valence-corrected chi connectivity index (χ3v) is 3.16. The van der Waals surface area contributed by atoms with Crippen molar-refractivity contribution in [2.75, 3.05) is 5.73 Å². The van der Waals surface area contributed by atoms with Crippen LogP contribution in [-0.2, 0) is 0 Å². The maximum absolute atomic E-state index is 11.9. The van der Waals surface area contributed by atoms with Crippen molar-refractivity contribution in [2.45, 2.75) is 32.2 Å². The van der Waals surface area contributed by atoms with Crippen LogP contribution in [0.4, 0.5) is 5.69 Å². The lowest BCUT2D eigenvalue weighted by Crippen LogP contribution is -2.32. The van der Waals surface area contributed by atoms with Crippen LogP contribution in [0.1, 0.15) is 36.5 Å². The molecule has 1 atom stereocenters. The summed E-state index contributed by atoms with van der Waals surface area (Å²) in [6.45, 7) is 2.03. The zero-order valence-corrected chi connectivity index (χ0v) is 10.6. The molecular formula is C13H17ClN2O. The number of nitrogens with two attached hydrogens (primary N) is 1. The van der Waals surface area contributed by atoms with E-state index in [0.717, 1.165) is 12.3 Å². The third-order valence-electron chi connectivity index (χ3n) is 2.94. The summed E-state index contributed by atoms with van der Waals surface area (Å²) in [5.74, 6) is 0.696. The highest BCUT2D eigenvalue weighted by Crippen LogP contribution is 2.33. The Hall–Kier alpha value is -1.22. The van der Waals surface area contributed by atoms with E-state index in [0.29, 0.717) is 16.3 Å². The number of hydrogen-bond acceptors (Lipinski definition) is 2. The first-order chi connectivity index (χ1) is 8.04. The number of nitrogens with one attached hydrogen (secondary N) is 1. The summed E-state index contributed by atoms with van der Waals surface area (Å²) in [5, 5.41) is 3.46. The summed E-state index contributed by atoms with van der Waals surface area (Å²) in [5.41, 5.74) is 6.69. The Kier molecular flexibility index (Phi) is 3.57. The van der Waals surface area contributed by atoms with Gasteiger partial charge >= 0.3 is 0 Å². The number of nitrogen functional groups attached to an aromatic ring is 1. The molecule has 0 bridgehead atoms. The van der Waals surface area contributed by atoms with E-state index in [2.05, 4.69) is 5.32 Å². The second-order valence-electron chi connectivity index (χ2n) is 4.83. The van der Waals surface area contributed by atoms with E-state index < -0.39 is 0 Å². The molecule has 0 aliphatic heterocycles. The first-order valence-corrected chi connectivity index (χ1v) is 6.29. The fourth-order valence-electron chi connectivity index (χ4n) is 1.96. The summed E-state index contributed by atoms with van der Waals surface area (Å²) >= 11 is 5.87. The Morgan fingerprint density at radius 1 is 1.53 bits per heavy atom. The van der Waals surface area contributed by atoms with E-state index in [1.807, 2.05) is 6.92 Å². The van der Waals surface area contributed by atoms with Crippen LogP contribution in [0.15, 0.2) is 18.2 Å². The number of carbonyl (C=O) groups excluding carboxylic acids is 1. The summed E-state index contributed by atoms with van der Waals surface area (Å²) in [6.07, 6.45) is 3.65. The number of carbonyl (C=O) groups is 1. The van der Waals surface area contributed by atoms with Crippen LogP contribution in [-0.4, -0.2) is 11.9 Å². The van der Waals surface area contributed by atoms with E-state index in [-0.39, 0.29) is 11.9 Å². The standard InChI is InChI=1S/C13H17ClN2O/c1-8(4-9-2-3-9)16-13(17)10-5-11(14)7-12(15)6-10/h5-9H,2-4,15H2,1H3,(H,16,17). The zero-order valence-electron chi connectivity index (χ0n) is 9.87. The van der Waals surface area contributed by atoms with Gasteiger partial charge in [0.05, 0.1) is 0 Å². The number of benzene rings is 1. The van der Waals surface area contributed by atoms with E-state index in [9.17, 15) is 4.79 Å². The van der Waals surface area contributed by atoms with Gasteiger partial charge in [-0.25, -0.2) is 0 Å². The normalized spacial score (nSPS) is 16.6. The minimum atomic E-state index is -0.104. The van der Waals surface area contributed by atoms with Gasteiger partial charge in [0.2, 0.25) is 0 Å². The molecule has 3 nitrogen and oxygen atoms in total. The molecule has 1 aliphatic carbocycles. The molecule has 0 heterocycles. The van der Waals surface area contributed by atoms with Gasteiger partial charge in [0.1, 0.15) is 0 Å². The lowest BCUT2D eigenvalue weighted by molar-refractivity contribution is 0.0937. The Morgan fingerprint density at radius 3 is 2.82 bits per heavy atom. The summed E-state index contributed by atoms with van der Waals surface area (Å²) in [4.78, 5) is 11.9. The fourth-order valence-corrected chi connectivity index (χ4v) is 2.21. The highest BCUT2D eigenvalue weighted by Gasteiger charge is 2.24. The van der Waals surface area contributed by atoms with Crippen LogP contribution in [0.5, 0.6) is 0 Å². The maximum Gasteiger partial charge on any atom is 0.251 e. The lowest BCUT2D eigenvalue weighted by atomic mass is 10.1. The molecule has 3 N–H and O–H groups in total. The second kappa shape index (κ2) is 4.96. The van der Waals surface area contributed by atoms with Crippen LogP contribution in [0.25, 0.3) is 0 Å². The van der Waals surface area contributed by atoms with Crippen LogP contribution < -0.4 is 11.1 Å². The molecule has 1 saturated carbocycles. The van der Waals surface area contributed by atoms with Gasteiger partial charge < -0.3 is 11.1 Å². The monoisotopic (exact) mass is 252 g/mol. The van der Waals surface area contributed by atoms with Crippen LogP contribution in [0.2, 0.25) is 5.02 Å². The van der Waals surface area contributed by atoms with Gasteiger partial charge in [-0.2, -0.15) is 0 Å². The van der Waals surface area contributed by atoms with Gasteiger partial charge in [0, 0.05) is 22.3 Å². The number of halogens is 1. The minimum absolute atomic E-state index is 0.104. The Balaban J connectivity index is 1.97. The topological polar surface area (TPSA) is 55.1 Å². The second-order valence-corrected chi connectivity index (χ2v) is 5.26. The summed E-state index contributed by atoms with van der Waals surface area (Å²) in [6, 6.07) is 5.11. The van der Waals surface area contributed by atoms with Gasteiger partial charge in [-0.3, -0.25) is 4.79 Å². The molecule has 2 rings (SSSR count). The fraction of sp³-hybridized carbons (Fsp3) is 0.462. The molecule has 92 valence electrons. The van der Waals surface area contributed by atoms with Crippen LogP contribution >= 0.6 is 11.6 Å². The molecule has 1 aliphatic rings. The minimum Gasteiger partial charge on any atom is -0.399 e. The smallest absolute Gasteiger partial charge is 0.251 e. The Bertz CT molecular complexity index is 409. The molecule has 17 heavy (non-hydrogen) atoms. The van der Waals surface area contributed by atoms with Crippen molar-refractivity contribution in [1.29, 1.82) is 0 Å². The van der Waals surface area contributed by atoms with Crippen molar-refractivity contribution in [2.24, 2.45) is 5.92 Å². The quantitative estimate of drug-likeness (QED) is 0.810. The SMILES string of the molecule is CC(CC1CC1)NC(=O)c1cc(N)cc(Cl)c1. The van der Waals surface area contributed by atoms with Gasteiger partial charge in [0.15, 0.2) is 0 Å². The highest BCUT2D eigenvalue weighted by molar-refractivity contribution is 6.31. The van der Waals surface area contributed by atoms with Crippen LogP contribution in [0, 0.1) is 5.92 Å². The molecule has 1 unspecified atom stereocenters. The lowest BCUT2D eigenvalue weighted by Gasteiger charge is -2.13. The number of rotatable bonds is 4. The predicted molar refractivity (Wildman–Crippen MR) is 70.1 cm³/mol. The molecule has 0 saturated heterocycles. The number of anilines is 1. The molecule has 1 fully saturated rings. The average Bonchev–Trinajstić information content (AvgIpc) is 2.99. The predicted octanol–water partition coefficient (Wildman–Crippen LogP) is 2.84. The molecule has 0 spiro atoms. The molecule has 4 heteroatoms. The van der Waals surface area contributed by atoms with Crippen molar-refractivity contribution in [3.8, 4) is 0 Å². The maximum atomic E-state index is 11.9. The third kappa shape index (κ3) is 3.63. The first-order valence-electron chi connectivity index (χ1n) is 5.91. The van der Waals surface area contributed by atoms with Crippen molar-refractivity contribution in [3.05, 3.63) is 28.8 Å². The average molecular weight is 253 g/mol. The van der Waals surface area contributed by atoms with Gasteiger partial charge in [-0.05, 0) is 37.5 Å². The van der Waals surface area contributed by atoms with E-state index in [4.69, 9.17) is 17.3 Å². The van der Waals surface area contributed by atoms with Crippen molar-refractivity contribution < 1.29 is 4.79 Å². The van der Waals surface area contributed by atoms with Crippen molar-refractivity contribution in [3.63, 3.8) is 0 Å². The Labute approximate surface area is 106 Å². The summed E-state index contributed by atoms with van der Waals surface area (Å²) < 4.78 is 0. The molecular weight excluding hydrogens is 236 g/mol. The van der Waals surface area contributed by atoms with Gasteiger partial charge in [-0.15, -0.1) is 0 Å². The first kappa shape index (κ1) is 12.2. The largest absolute Gasteiger partial charge is 0.399 e. The molecule has 1 aromatic rings. The van der Waals surface area contributed by atoms with E-state index in [1.165, 1.54) is 12.8 Å². The summed E-state index contributed by atoms with van der Waals surface area (Å²) in [7, 11) is 0. The van der Waals surface area contributed by atoms with E-state index >= 15 is 0 Å². The molecule has 0 radical (unpaired) electrons. The van der Waals surface area contributed by atoms with Crippen molar-refractivity contribution >= 4 is 23.2 Å². The number of amides is 1. The highest BCUT2D eigenvalue weighted by atomic mass is 35.5. The molecule has 1 amide bonds. The van der Waals surface area contributed by atoms with Crippen LogP contribution in [0.3, 0.4) is 0 Å². The zero-order chi connectivity index (χ0) is 12.4. The molecule has 1 aromatic carbocycles. The van der Waals surface area contributed by atoms with Gasteiger partial charge in [-0.1, -0.05) is 24.4 Å². The Morgan fingerprint density at radius 2 is 2.24 bits per heavy atom.